The van der Waals surface area contributed by atoms with E-state index >= 15 is 0 Å². The number of rotatable bonds is 3. The fourth-order valence-corrected chi connectivity index (χ4v) is 10.6. The molecule has 1 aliphatic heterocycles. The summed E-state index contributed by atoms with van der Waals surface area (Å²) in [5.74, 6) is 0.187. The number of allylic oxidation sites excluding steroid dienone is 3. The number of aryl methyl sites for hydroxylation is 2. The summed E-state index contributed by atoms with van der Waals surface area (Å²) in [6.45, 7) is 4.84. The molecule has 54 heavy (non-hydrogen) atoms. The van der Waals surface area contributed by atoms with E-state index in [-0.39, 0.29) is 11.3 Å². The lowest BCUT2D eigenvalue weighted by molar-refractivity contribution is 0.562. The van der Waals surface area contributed by atoms with Crippen LogP contribution in [0.4, 0.5) is 0 Å². The Balaban J connectivity index is 1.12. The highest BCUT2D eigenvalue weighted by Crippen LogP contribution is 2.62. The van der Waals surface area contributed by atoms with E-state index in [1.807, 2.05) is 0 Å². The van der Waals surface area contributed by atoms with Crippen LogP contribution in [0.5, 0.6) is 0 Å². The molecule has 1 nitrogen and oxygen atoms in total. The Bertz CT molecular complexity index is 2630. The third-order valence-corrected chi connectivity index (χ3v) is 13.3. The van der Waals surface area contributed by atoms with E-state index in [1.165, 1.54) is 89.2 Å². The highest BCUT2D eigenvalue weighted by molar-refractivity contribution is 6.08. The SMILES string of the molecule is CC1(C)c2ccccc2C2(c3ccccc3-c3ccccc32)c2cc(C3C=C(c4ccc5c(c4)C=CCC5)N=C(C4=Cc5ccccc5CC4)C3)ccc21. The first kappa shape index (κ1) is 31.7. The first-order valence-electron chi connectivity index (χ1n) is 19.8. The molecule has 0 N–H and O–H groups in total. The lowest BCUT2D eigenvalue weighted by Gasteiger charge is -2.47. The first-order chi connectivity index (χ1) is 26.5. The van der Waals surface area contributed by atoms with Crippen LogP contribution >= 0.6 is 0 Å². The second-order valence-electron chi connectivity index (χ2n) is 16.5. The quantitative estimate of drug-likeness (QED) is 0.175. The zero-order chi connectivity index (χ0) is 36.0. The van der Waals surface area contributed by atoms with E-state index in [9.17, 15) is 0 Å². The maximum absolute atomic E-state index is 5.53. The van der Waals surface area contributed by atoms with Gasteiger partial charge in [-0.05, 0) is 116 Å². The number of hydrogen-bond acceptors (Lipinski definition) is 1. The molecule has 1 spiro atoms. The average molecular weight is 694 g/mol. The second kappa shape index (κ2) is 11.9. The van der Waals surface area contributed by atoms with Crippen LogP contribution < -0.4 is 0 Å². The minimum Gasteiger partial charge on any atom is -0.253 e. The van der Waals surface area contributed by atoms with E-state index in [1.54, 1.807) is 0 Å². The summed E-state index contributed by atoms with van der Waals surface area (Å²) in [5, 5.41) is 0. The van der Waals surface area contributed by atoms with Crippen molar-refractivity contribution in [3.8, 4) is 11.1 Å². The van der Waals surface area contributed by atoms with Crippen LogP contribution in [0.1, 0.15) is 106 Å². The van der Waals surface area contributed by atoms with Gasteiger partial charge in [0.15, 0.2) is 0 Å². The van der Waals surface area contributed by atoms with Gasteiger partial charge in [-0.15, -0.1) is 0 Å². The third kappa shape index (κ3) is 4.54. The van der Waals surface area contributed by atoms with Crippen molar-refractivity contribution in [2.75, 3.05) is 0 Å². The molecule has 0 saturated carbocycles. The monoisotopic (exact) mass is 693 g/mol. The van der Waals surface area contributed by atoms with Crippen LogP contribution in [0.25, 0.3) is 29.0 Å². The lowest BCUT2D eigenvalue weighted by Crippen LogP contribution is -2.40. The molecule has 1 heteroatoms. The van der Waals surface area contributed by atoms with Gasteiger partial charge in [0.05, 0.1) is 11.1 Å². The normalized spacial score (nSPS) is 19.3. The summed E-state index contributed by atoms with van der Waals surface area (Å²) < 4.78 is 0. The van der Waals surface area contributed by atoms with Gasteiger partial charge in [0.2, 0.25) is 0 Å². The number of benzene rings is 6. The molecule has 11 rings (SSSR count). The molecule has 1 atom stereocenters. The Labute approximate surface area is 319 Å². The zero-order valence-electron chi connectivity index (χ0n) is 31.1. The van der Waals surface area contributed by atoms with Crippen molar-refractivity contribution in [2.24, 2.45) is 4.99 Å². The molecule has 0 amide bonds. The van der Waals surface area contributed by atoms with E-state index in [0.717, 1.165) is 37.8 Å². The van der Waals surface area contributed by atoms with E-state index in [4.69, 9.17) is 4.99 Å². The largest absolute Gasteiger partial charge is 0.253 e. The van der Waals surface area contributed by atoms with Crippen molar-refractivity contribution in [3.05, 3.63) is 218 Å². The molecule has 1 heterocycles. The molecule has 0 aromatic heterocycles. The molecule has 260 valence electrons. The molecular formula is C53H43N. The molecule has 0 radical (unpaired) electrons. The molecule has 0 saturated heterocycles. The summed E-state index contributed by atoms with van der Waals surface area (Å²) in [4.78, 5) is 5.53. The Kier molecular flexibility index (Phi) is 6.96. The standard InChI is InChI=1S/C53H43N/c1-52(2)46-21-11-12-22-48(46)53(44-19-9-7-17-42(44)43-18-8-10-20-45(43)53)49-31-38(27-28-47(49)52)41-32-50(39-25-23-34-13-3-5-15-36(34)29-39)54-51(33-41)40-26-24-35-14-4-6-16-37(35)30-40/h3,5-13,15-22,24,26-31,33,41H,4,14,23,25,32H2,1-2H3. The van der Waals surface area contributed by atoms with Gasteiger partial charge < -0.3 is 0 Å². The number of nitrogens with zero attached hydrogens (tertiary/aromatic N) is 1. The van der Waals surface area contributed by atoms with Gasteiger partial charge in [-0.2, -0.15) is 0 Å². The van der Waals surface area contributed by atoms with E-state index in [0.29, 0.717) is 0 Å². The Morgan fingerprint density at radius 2 is 1.26 bits per heavy atom. The zero-order valence-corrected chi connectivity index (χ0v) is 31.1. The summed E-state index contributed by atoms with van der Waals surface area (Å²) in [5.41, 5.74) is 22.4. The van der Waals surface area contributed by atoms with Crippen LogP contribution in [-0.4, -0.2) is 5.71 Å². The molecule has 0 fully saturated rings. The minimum atomic E-state index is -0.400. The highest BCUT2D eigenvalue weighted by atomic mass is 14.8. The molecule has 6 aromatic carbocycles. The van der Waals surface area contributed by atoms with Crippen LogP contribution in [0.15, 0.2) is 156 Å². The van der Waals surface area contributed by atoms with Gasteiger partial charge in [-0.1, -0.05) is 159 Å². The average Bonchev–Trinajstić information content (AvgIpc) is 3.53. The number of hydrogen-bond donors (Lipinski definition) is 0. The Morgan fingerprint density at radius 1 is 0.574 bits per heavy atom. The van der Waals surface area contributed by atoms with Gasteiger partial charge >= 0.3 is 0 Å². The maximum atomic E-state index is 5.53. The highest BCUT2D eigenvalue weighted by Gasteiger charge is 2.53. The predicted molar refractivity (Wildman–Crippen MR) is 225 cm³/mol. The maximum Gasteiger partial charge on any atom is 0.0719 e. The second-order valence-corrected chi connectivity index (χ2v) is 16.5. The fraction of sp³-hybridized carbons (Fsp3) is 0.189. The van der Waals surface area contributed by atoms with Crippen molar-refractivity contribution in [3.63, 3.8) is 0 Å². The van der Waals surface area contributed by atoms with Crippen LogP contribution in [-0.2, 0) is 23.7 Å². The lowest BCUT2D eigenvalue weighted by atomic mass is 9.55. The number of fused-ring (bicyclic) bond motifs is 11. The van der Waals surface area contributed by atoms with Crippen molar-refractivity contribution in [1.29, 1.82) is 0 Å². The molecule has 5 aliphatic rings. The van der Waals surface area contributed by atoms with Gasteiger partial charge in [0, 0.05) is 29.0 Å². The minimum absolute atomic E-state index is 0.153. The summed E-state index contributed by atoms with van der Waals surface area (Å²) in [6.07, 6.45) is 14.7. The van der Waals surface area contributed by atoms with Crippen molar-refractivity contribution in [1.82, 2.24) is 0 Å². The Hall–Kier alpha value is -5.79. The van der Waals surface area contributed by atoms with Gasteiger partial charge in [0.25, 0.3) is 0 Å². The predicted octanol–water partition coefficient (Wildman–Crippen LogP) is 12.6. The smallest absolute Gasteiger partial charge is 0.0719 e. The van der Waals surface area contributed by atoms with E-state index in [2.05, 4.69) is 172 Å². The van der Waals surface area contributed by atoms with Crippen molar-refractivity contribution in [2.45, 2.75) is 62.7 Å². The first-order valence-corrected chi connectivity index (χ1v) is 19.8. The molecule has 1 unspecified atom stereocenters. The van der Waals surface area contributed by atoms with Crippen molar-refractivity contribution < 1.29 is 0 Å². The molecule has 4 aliphatic carbocycles. The Morgan fingerprint density at radius 3 is 2.07 bits per heavy atom. The topological polar surface area (TPSA) is 12.4 Å². The van der Waals surface area contributed by atoms with Crippen molar-refractivity contribution >= 4 is 23.6 Å². The number of aliphatic imine (C=N–C) groups is 1. The molecule has 0 bridgehead atoms. The van der Waals surface area contributed by atoms with E-state index < -0.39 is 5.41 Å². The molecule has 6 aromatic rings. The molecular weight excluding hydrogens is 651 g/mol. The van der Waals surface area contributed by atoms with Gasteiger partial charge in [-0.25, -0.2) is 0 Å². The fourth-order valence-electron chi connectivity index (χ4n) is 10.6. The third-order valence-electron chi connectivity index (χ3n) is 13.3. The summed E-state index contributed by atoms with van der Waals surface area (Å²) in [7, 11) is 0. The van der Waals surface area contributed by atoms with Crippen LogP contribution in [0.3, 0.4) is 0 Å². The summed E-state index contributed by atoms with van der Waals surface area (Å²) >= 11 is 0. The van der Waals surface area contributed by atoms with Gasteiger partial charge in [0.1, 0.15) is 0 Å². The van der Waals surface area contributed by atoms with Crippen LogP contribution in [0.2, 0.25) is 0 Å². The van der Waals surface area contributed by atoms with Crippen LogP contribution in [0, 0.1) is 0 Å². The van der Waals surface area contributed by atoms with Gasteiger partial charge in [-0.3, -0.25) is 4.99 Å². The summed E-state index contributed by atoms with van der Waals surface area (Å²) in [6, 6.07) is 51.0.